The molecule has 0 unspecified atom stereocenters. The maximum atomic E-state index is 12.9. The van der Waals surface area contributed by atoms with Crippen LogP contribution < -0.4 is 10.6 Å². The molecule has 146 valence electrons. The Hall–Kier alpha value is -2.58. The normalized spacial score (nSPS) is 11.3. The minimum Gasteiger partial charge on any atom is -0.332 e. The van der Waals surface area contributed by atoms with Crippen LogP contribution in [0.5, 0.6) is 0 Å². The van der Waals surface area contributed by atoms with Crippen molar-refractivity contribution in [1.29, 1.82) is 0 Å². The molecule has 0 aliphatic rings. The summed E-state index contributed by atoms with van der Waals surface area (Å²) in [7, 11) is 0. The highest BCUT2D eigenvalue weighted by Gasteiger charge is 2.30. The van der Waals surface area contributed by atoms with E-state index in [1.54, 1.807) is 35.0 Å². The SMILES string of the molecule is Cc1cc(NC(=S)Nc2cccc(Cl)c2)nn1Cc1cccc(C(F)(F)F)c1. The van der Waals surface area contributed by atoms with Crippen LogP contribution in [0.4, 0.5) is 24.7 Å². The van der Waals surface area contributed by atoms with Gasteiger partial charge in [-0.25, -0.2) is 0 Å². The number of anilines is 2. The summed E-state index contributed by atoms with van der Waals surface area (Å²) in [5, 5.41) is 11.2. The molecule has 2 aromatic carbocycles. The van der Waals surface area contributed by atoms with E-state index in [2.05, 4.69) is 15.7 Å². The van der Waals surface area contributed by atoms with Gasteiger partial charge in [-0.15, -0.1) is 0 Å². The predicted molar refractivity (Wildman–Crippen MR) is 109 cm³/mol. The third-order valence-corrected chi connectivity index (χ3v) is 4.33. The zero-order valence-corrected chi connectivity index (χ0v) is 16.3. The molecule has 0 aliphatic heterocycles. The zero-order valence-electron chi connectivity index (χ0n) is 14.7. The highest BCUT2D eigenvalue weighted by atomic mass is 35.5. The highest BCUT2D eigenvalue weighted by molar-refractivity contribution is 7.80. The molecule has 1 heterocycles. The molecule has 3 rings (SSSR count). The minimum atomic E-state index is -4.37. The topological polar surface area (TPSA) is 41.9 Å². The van der Waals surface area contributed by atoms with Crippen LogP contribution in [-0.4, -0.2) is 14.9 Å². The molecule has 0 fully saturated rings. The van der Waals surface area contributed by atoms with Crippen molar-refractivity contribution in [1.82, 2.24) is 9.78 Å². The number of aryl methyl sites for hydroxylation is 1. The third-order valence-electron chi connectivity index (χ3n) is 3.89. The Labute approximate surface area is 170 Å². The van der Waals surface area contributed by atoms with E-state index in [-0.39, 0.29) is 6.54 Å². The van der Waals surface area contributed by atoms with Gasteiger partial charge in [0.15, 0.2) is 10.9 Å². The number of hydrogen-bond acceptors (Lipinski definition) is 2. The number of rotatable bonds is 4. The van der Waals surface area contributed by atoms with Gasteiger partial charge in [-0.3, -0.25) is 4.68 Å². The van der Waals surface area contributed by atoms with E-state index in [4.69, 9.17) is 23.8 Å². The molecule has 4 nitrogen and oxygen atoms in total. The van der Waals surface area contributed by atoms with Crippen molar-refractivity contribution in [2.24, 2.45) is 0 Å². The van der Waals surface area contributed by atoms with Gasteiger partial charge >= 0.3 is 6.18 Å². The van der Waals surface area contributed by atoms with Crippen molar-refractivity contribution >= 4 is 40.4 Å². The highest BCUT2D eigenvalue weighted by Crippen LogP contribution is 2.29. The Morgan fingerprint density at radius 2 is 1.86 bits per heavy atom. The standard InChI is InChI=1S/C19H16ClF3N4S/c1-12-8-17(25-18(28)24-16-7-3-6-15(20)10-16)26-27(12)11-13-4-2-5-14(9-13)19(21,22)23/h2-10H,11H2,1H3,(H2,24,25,26,28). The molecule has 0 saturated heterocycles. The van der Waals surface area contributed by atoms with Gasteiger partial charge in [0.05, 0.1) is 12.1 Å². The molecule has 1 aromatic heterocycles. The summed E-state index contributed by atoms with van der Waals surface area (Å²) in [6.07, 6.45) is -4.37. The smallest absolute Gasteiger partial charge is 0.332 e. The first-order chi connectivity index (χ1) is 13.2. The molecule has 0 bridgehead atoms. The number of nitrogens with one attached hydrogen (secondary N) is 2. The van der Waals surface area contributed by atoms with Gasteiger partial charge < -0.3 is 10.6 Å². The van der Waals surface area contributed by atoms with Crippen LogP contribution in [0.1, 0.15) is 16.8 Å². The fourth-order valence-electron chi connectivity index (χ4n) is 2.60. The van der Waals surface area contributed by atoms with Crippen LogP contribution in [0.3, 0.4) is 0 Å². The number of hydrogen-bond donors (Lipinski definition) is 2. The van der Waals surface area contributed by atoms with E-state index in [0.29, 0.717) is 21.5 Å². The fourth-order valence-corrected chi connectivity index (χ4v) is 3.01. The van der Waals surface area contributed by atoms with Crippen LogP contribution in [0.2, 0.25) is 5.02 Å². The van der Waals surface area contributed by atoms with Crippen LogP contribution in [0.15, 0.2) is 54.6 Å². The summed E-state index contributed by atoms with van der Waals surface area (Å²) in [6, 6.07) is 14.0. The average Bonchev–Trinajstić information content (AvgIpc) is 2.93. The van der Waals surface area contributed by atoms with Gasteiger partial charge in [-0.05, 0) is 55.0 Å². The van der Waals surface area contributed by atoms with Crippen LogP contribution >= 0.6 is 23.8 Å². The molecule has 2 N–H and O–H groups in total. The largest absolute Gasteiger partial charge is 0.416 e. The van der Waals surface area contributed by atoms with Crippen molar-refractivity contribution in [2.45, 2.75) is 19.6 Å². The fraction of sp³-hybridized carbons (Fsp3) is 0.158. The second-order valence-corrected chi connectivity index (χ2v) is 6.96. The summed E-state index contributed by atoms with van der Waals surface area (Å²) in [5.74, 6) is 0.490. The third kappa shape index (κ3) is 5.24. The number of aromatic nitrogens is 2. The molecule has 0 spiro atoms. The second kappa shape index (κ2) is 8.20. The number of alkyl halides is 3. The van der Waals surface area contributed by atoms with Gasteiger partial charge in [0.1, 0.15) is 0 Å². The number of nitrogens with zero attached hydrogens (tertiary/aromatic N) is 2. The monoisotopic (exact) mass is 424 g/mol. The van der Waals surface area contributed by atoms with Crippen LogP contribution in [0, 0.1) is 6.92 Å². The average molecular weight is 425 g/mol. The quantitative estimate of drug-likeness (QED) is 0.525. The summed E-state index contributed by atoms with van der Waals surface area (Å²) in [5.41, 5.74) is 1.34. The zero-order chi connectivity index (χ0) is 20.3. The number of thiocarbonyl (C=S) groups is 1. The van der Waals surface area contributed by atoms with Gasteiger partial charge in [-0.1, -0.05) is 29.8 Å². The molecule has 0 radical (unpaired) electrons. The van der Waals surface area contributed by atoms with E-state index in [0.717, 1.165) is 23.5 Å². The number of halogens is 4. The maximum Gasteiger partial charge on any atom is 0.416 e. The van der Waals surface area contributed by atoms with Crippen molar-refractivity contribution in [3.63, 3.8) is 0 Å². The lowest BCUT2D eigenvalue weighted by Crippen LogP contribution is -2.19. The summed E-state index contributed by atoms with van der Waals surface area (Å²) < 4.78 is 40.2. The van der Waals surface area contributed by atoms with Crippen LogP contribution in [0.25, 0.3) is 0 Å². The number of benzene rings is 2. The first kappa shape index (κ1) is 20.2. The summed E-state index contributed by atoms with van der Waals surface area (Å²) >= 11 is 11.2. The summed E-state index contributed by atoms with van der Waals surface area (Å²) in [4.78, 5) is 0. The second-order valence-electron chi connectivity index (χ2n) is 6.12. The van der Waals surface area contributed by atoms with Gasteiger partial charge in [0.25, 0.3) is 0 Å². The van der Waals surface area contributed by atoms with Crippen molar-refractivity contribution < 1.29 is 13.2 Å². The van der Waals surface area contributed by atoms with Gasteiger partial charge in [-0.2, -0.15) is 18.3 Å². The Bertz CT molecular complexity index is 1000. The minimum absolute atomic E-state index is 0.214. The van der Waals surface area contributed by atoms with Crippen molar-refractivity contribution in [2.75, 3.05) is 10.6 Å². The molecule has 9 heteroatoms. The lowest BCUT2D eigenvalue weighted by atomic mass is 10.1. The first-order valence-electron chi connectivity index (χ1n) is 8.25. The molecule has 0 saturated carbocycles. The van der Waals surface area contributed by atoms with Crippen molar-refractivity contribution in [3.05, 3.63) is 76.4 Å². The van der Waals surface area contributed by atoms with E-state index < -0.39 is 11.7 Å². The molecular formula is C19H16ClF3N4S. The lowest BCUT2D eigenvalue weighted by Gasteiger charge is -2.10. The van der Waals surface area contributed by atoms with E-state index in [1.807, 2.05) is 13.0 Å². The van der Waals surface area contributed by atoms with E-state index >= 15 is 0 Å². The summed E-state index contributed by atoms with van der Waals surface area (Å²) in [6.45, 7) is 2.03. The molecule has 0 atom stereocenters. The first-order valence-corrected chi connectivity index (χ1v) is 9.03. The molecule has 3 aromatic rings. The Morgan fingerprint density at radius 3 is 2.57 bits per heavy atom. The molecular weight excluding hydrogens is 409 g/mol. The van der Waals surface area contributed by atoms with Crippen molar-refractivity contribution in [3.8, 4) is 0 Å². The Morgan fingerprint density at radius 1 is 1.11 bits per heavy atom. The molecule has 0 aliphatic carbocycles. The molecule has 28 heavy (non-hydrogen) atoms. The lowest BCUT2D eigenvalue weighted by molar-refractivity contribution is -0.137. The Kier molecular flexibility index (Phi) is 5.90. The molecule has 0 amide bonds. The Balaban J connectivity index is 1.69. The van der Waals surface area contributed by atoms with E-state index in [9.17, 15) is 13.2 Å². The van der Waals surface area contributed by atoms with Crippen LogP contribution in [-0.2, 0) is 12.7 Å². The van der Waals surface area contributed by atoms with E-state index in [1.165, 1.54) is 6.07 Å². The van der Waals surface area contributed by atoms with Gasteiger partial charge in [0, 0.05) is 22.5 Å². The predicted octanol–water partition coefficient (Wildman–Crippen LogP) is 5.72. The maximum absolute atomic E-state index is 12.9. The van der Waals surface area contributed by atoms with Gasteiger partial charge in [0.2, 0.25) is 0 Å².